The van der Waals surface area contributed by atoms with Crippen molar-refractivity contribution in [2.24, 2.45) is 0 Å². The van der Waals surface area contributed by atoms with E-state index in [1.54, 1.807) is 18.2 Å². The van der Waals surface area contributed by atoms with Gasteiger partial charge in [0.05, 0.1) is 11.6 Å². The molecule has 88 valence electrons. The number of nitrogens with zero attached hydrogens (tertiary/aromatic N) is 1. The summed E-state index contributed by atoms with van der Waals surface area (Å²) >= 11 is 1.50. The predicted molar refractivity (Wildman–Crippen MR) is 71.7 cm³/mol. The summed E-state index contributed by atoms with van der Waals surface area (Å²) < 4.78 is 0. The minimum absolute atomic E-state index is 0.0120. The topological polar surface area (TPSA) is 40.9 Å². The van der Waals surface area contributed by atoms with Crippen molar-refractivity contribution in [2.45, 2.75) is 16.7 Å². The number of benzene rings is 2. The van der Waals surface area contributed by atoms with Crippen LogP contribution in [0.1, 0.15) is 22.8 Å². The maximum absolute atomic E-state index is 11.6. The first-order valence-corrected chi connectivity index (χ1v) is 6.30. The third-order valence-corrected chi connectivity index (χ3v) is 3.53. The Morgan fingerprint density at radius 3 is 2.50 bits per heavy atom. The molecule has 0 saturated heterocycles. The molecular formula is C15H11NOS. The Labute approximate surface area is 110 Å². The Morgan fingerprint density at radius 2 is 1.89 bits per heavy atom. The van der Waals surface area contributed by atoms with E-state index in [-0.39, 0.29) is 5.78 Å². The third-order valence-electron chi connectivity index (χ3n) is 2.46. The van der Waals surface area contributed by atoms with E-state index in [9.17, 15) is 4.79 Å². The van der Waals surface area contributed by atoms with Crippen LogP contribution in [0.25, 0.3) is 0 Å². The van der Waals surface area contributed by atoms with Crippen LogP contribution in [0.3, 0.4) is 0 Å². The molecule has 0 saturated carbocycles. The zero-order chi connectivity index (χ0) is 13.0. The summed E-state index contributed by atoms with van der Waals surface area (Å²) in [6.07, 6.45) is 0. The van der Waals surface area contributed by atoms with Gasteiger partial charge in [-0.2, -0.15) is 5.26 Å². The van der Waals surface area contributed by atoms with Gasteiger partial charge in [0.2, 0.25) is 0 Å². The van der Waals surface area contributed by atoms with Crippen LogP contribution >= 0.6 is 11.8 Å². The van der Waals surface area contributed by atoms with Crippen molar-refractivity contribution in [1.29, 1.82) is 5.26 Å². The van der Waals surface area contributed by atoms with E-state index in [1.807, 2.05) is 30.3 Å². The van der Waals surface area contributed by atoms with Crippen molar-refractivity contribution in [2.75, 3.05) is 0 Å². The molecule has 3 heteroatoms. The van der Waals surface area contributed by atoms with E-state index in [0.29, 0.717) is 11.1 Å². The monoisotopic (exact) mass is 253 g/mol. The van der Waals surface area contributed by atoms with Gasteiger partial charge >= 0.3 is 0 Å². The zero-order valence-electron chi connectivity index (χ0n) is 9.88. The second-order valence-corrected chi connectivity index (χ2v) is 4.91. The first kappa shape index (κ1) is 12.4. The molecule has 0 spiro atoms. The van der Waals surface area contributed by atoms with Crippen LogP contribution in [0.2, 0.25) is 0 Å². The lowest BCUT2D eigenvalue weighted by Crippen LogP contribution is -1.95. The maximum Gasteiger partial charge on any atom is 0.160 e. The van der Waals surface area contributed by atoms with E-state index in [2.05, 4.69) is 6.07 Å². The summed E-state index contributed by atoms with van der Waals surface area (Å²) in [7, 11) is 0. The first-order chi connectivity index (χ1) is 8.70. The molecule has 0 amide bonds. The normalized spacial score (nSPS) is 9.78. The van der Waals surface area contributed by atoms with Gasteiger partial charge in [0.15, 0.2) is 5.78 Å². The van der Waals surface area contributed by atoms with Crippen molar-refractivity contribution >= 4 is 17.5 Å². The predicted octanol–water partition coefficient (Wildman–Crippen LogP) is 3.91. The van der Waals surface area contributed by atoms with Gasteiger partial charge in [0.1, 0.15) is 0 Å². The van der Waals surface area contributed by atoms with Gasteiger partial charge in [0.25, 0.3) is 0 Å². The van der Waals surface area contributed by atoms with Gasteiger partial charge in [-0.25, -0.2) is 0 Å². The number of carbonyl (C=O) groups excluding carboxylic acids is 1. The highest BCUT2D eigenvalue weighted by Crippen LogP contribution is 2.31. The van der Waals surface area contributed by atoms with Crippen molar-refractivity contribution in [3.8, 4) is 6.07 Å². The second kappa shape index (κ2) is 5.52. The Bertz CT molecular complexity index is 614. The summed E-state index contributed by atoms with van der Waals surface area (Å²) in [5.74, 6) is 0.0120. The van der Waals surface area contributed by atoms with Gasteiger partial charge in [-0.1, -0.05) is 30.0 Å². The molecule has 2 aromatic carbocycles. The molecule has 0 aliphatic rings. The average Bonchev–Trinajstić information content (AvgIpc) is 2.39. The fourth-order valence-electron chi connectivity index (χ4n) is 1.58. The molecule has 0 aromatic heterocycles. The molecular weight excluding hydrogens is 242 g/mol. The van der Waals surface area contributed by atoms with Gasteiger partial charge in [-0.3, -0.25) is 4.79 Å². The van der Waals surface area contributed by atoms with E-state index < -0.39 is 0 Å². The standard InChI is InChI=1S/C15H11NOS/c1-11(17)14-8-7-12(10-16)9-15(14)18-13-5-3-2-4-6-13/h2-9H,1H3. The number of hydrogen-bond acceptors (Lipinski definition) is 3. The highest BCUT2D eigenvalue weighted by molar-refractivity contribution is 7.99. The lowest BCUT2D eigenvalue weighted by molar-refractivity contribution is 0.101. The zero-order valence-corrected chi connectivity index (χ0v) is 10.7. The maximum atomic E-state index is 11.6. The van der Waals surface area contributed by atoms with Gasteiger partial charge < -0.3 is 0 Å². The molecule has 0 unspecified atom stereocenters. The van der Waals surface area contributed by atoms with Crippen LogP contribution < -0.4 is 0 Å². The molecule has 0 N–H and O–H groups in total. The number of rotatable bonds is 3. The Morgan fingerprint density at radius 1 is 1.17 bits per heavy atom. The number of ketones is 1. The average molecular weight is 253 g/mol. The molecule has 0 atom stereocenters. The van der Waals surface area contributed by atoms with Crippen LogP contribution in [0.5, 0.6) is 0 Å². The summed E-state index contributed by atoms with van der Waals surface area (Å²) in [6, 6.07) is 17.0. The molecule has 18 heavy (non-hydrogen) atoms. The van der Waals surface area contributed by atoms with Crippen molar-refractivity contribution in [1.82, 2.24) is 0 Å². The largest absolute Gasteiger partial charge is 0.294 e. The summed E-state index contributed by atoms with van der Waals surface area (Å²) in [5.41, 5.74) is 1.22. The molecule has 2 nitrogen and oxygen atoms in total. The molecule has 0 radical (unpaired) electrons. The summed E-state index contributed by atoms with van der Waals surface area (Å²) in [5, 5.41) is 8.91. The third kappa shape index (κ3) is 2.79. The van der Waals surface area contributed by atoms with Crippen molar-refractivity contribution in [3.05, 3.63) is 59.7 Å². The lowest BCUT2D eigenvalue weighted by atomic mass is 10.1. The van der Waals surface area contributed by atoms with E-state index in [1.165, 1.54) is 18.7 Å². The smallest absolute Gasteiger partial charge is 0.160 e. The van der Waals surface area contributed by atoms with Gasteiger partial charge in [0, 0.05) is 15.4 Å². The quantitative estimate of drug-likeness (QED) is 0.779. The SMILES string of the molecule is CC(=O)c1ccc(C#N)cc1Sc1ccccc1. The number of hydrogen-bond donors (Lipinski definition) is 0. The Kier molecular flexibility index (Phi) is 3.81. The fourth-order valence-corrected chi connectivity index (χ4v) is 2.64. The molecule has 0 bridgehead atoms. The van der Waals surface area contributed by atoms with Gasteiger partial charge in [-0.05, 0) is 37.3 Å². The summed E-state index contributed by atoms with van der Waals surface area (Å²) in [6.45, 7) is 1.54. The van der Waals surface area contributed by atoms with Gasteiger partial charge in [-0.15, -0.1) is 0 Å². The molecule has 2 aromatic rings. The minimum Gasteiger partial charge on any atom is -0.294 e. The van der Waals surface area contributed by atoms with E-state index in [0.717, 1.165) is 9.79 Å². The highest BCUT2D eigenvalue weighted by Gasteiger charge is 2.09. The fraction of sp³-hybridized carbons (Fsp3) is 0.0667. The second-order valence-electron chi connectivity index (χ2n) is 3.79. The van der Waals surface area contributed by atoms with E-state index >= 15 is 0 Å². The number of carbonyl (C=O) groups is 1. The van der Waals surface area contributed by atoms with Crippen LogP contribution in [0.15, 0.2) is 58.3 Å². The molecule has 0 fully saturated rings. The lowest BCUT2D eigenvalue weighted by Gasteiger charge is -2.07. The molecule has 0 heterocycles. The van der Waals surface area contributed by atoms with Crippen molar-refractivity contribution in [3.63, 3.8) is 0 Å². The van der Waals surface area contributed by atoms with Crippen LogP contribution in [0, 0.1) is 11.3 Å². The number of Topliss-reactive ketones (excluding diaryl/α,β-unsaturated/α-hetero) is 1. The van der Waals surface area contributed by atoms with Crippen LogP contribution in [-0.4, -0.2) is 5.78 Å². The Hall–Kier alpha value is -2.05. The summed E-state index contributed by atoms with van der Waals surface area (Å²) in [4.78, 5) is 13.4. The number of nitriles is 1. The molecule has 2 rings (SSSR count). The van der Waals surface area contributed by atoms with E-state index in [4.69, 9.17) is 5.26 Å². The highest BCUT2D eigenvalue weighted by atomic mass is 32.2. The van der Waals surface area contributed by atoms with Crippen LogP contribution in [-0.2, 0) is 0 Å². The minimum atomic E-state index is 0.0120. The first-order valence-electron chi connectivity index (χ1n) is 5.48. The molecule has 0 aliphatic heterocycles. The van der Waals surface area contributed by atoms with Crippen LogP contribution in [0.4, 0.5) is 0 Å². The Balaban J connectivity index is 2.42. The van der Waals surface area contributed by atoms with Crippen molar-refractivity contribution < 1.29 is 4.79 Å². The molecule has 0 aliphatic carbocycles.